The Morgan fingerprint density at radius 2 is 1.72 bits per heavy atom. The zero-order valence-electron chi connectivity index (χ0n) is 17.4. The lowest BCUT2D eigenvalue weighted by Gasteiger charge is -2.32. The highest BCUT2D eigenvalue weighted by atomic mass is 19.1. The summed E-state index contributed by atoms with van der Waals surface area (Å²) in [7, 11) is 0. The van der Waals surface area contributed by atoms with Gasteiger partial charge < -0.3 is 19.4 Å². The molecule has 2 heterocycles. The second kappa shape index (κ2) is 9.96. The summed E-state index contributed by atoms with van der Waals surface area (Å²) in [6.45, 7) is 0.947. The molecule has 2 aromatic carbocycles. The molecule has 2 amide bonds. The van der Waals surface area contributed by atoms with Gasteiger partial charge in [0.05, 0.1) is 6.26 Å². The maximum atomic E-state index is 13.2. The van der Waals surface area contributed by atoms with Crippen molar-refractivity contribution in [1.29, 1.82) is 0 Å². The van der Waals surface area contributed by atoms with E-state index in [1.165, 1.54) is 24.5 Å². The summed E-state index contributed by atoms with van der Waals surface area (Å²) in [5.74, 6) is 0.101. The lowest BCUT2D eigenvalue weighted by atomic mass is 10.1. The number of hydrogen-bond acceptors (Lipinski definition) is 4. The van der Waals surface area contributed by atoms with Gasteiger partial charge in [-0.2, -0.15) is 0 Å². The van der Waals surface area contributed by atoms with Crippen molar-refractivity contribution in [2.75, 3.05) is 13.1 Å². The number of nitrogens with one attached hydrogen (secondary N) is 1. The topological polar surface area (TPSA) is 71.8 Å². The fraction of sp³-hybridized carbons (Fsp3) is 0.200. The van der Waals surface area contributed by atoms with E-state index in [0.29, 0.717) is 43.0 Å². The molecule has 1 saturated heterocycles. The van der Waals surface area contributed by atoms with E-state index in [-0.39, 0.29) is 29.4 Å². The Balaban J connectivity index is 1.42. The van der Waals surface area contributed by atoms with Crippen LogP contribution in [-0.4, -0.2) is 35.9 Å². The highest BCUT2D eigenvalue weighted by Crippen LogP contribution is 2.21. The van der Waals surface area contributed by atoms with E-state index in [1.807, 2.05) is 6.07 Å². The number of amides is 2. The molecule has 6 nitrogen and oxygen atoms in total. The monoisotopic (exact) mass is 434 g/mol. The van der Waals surface area contributed by atoms with Gasteiger partial charge in [-0.25, -0.2) is 4.39 Å². The molecule has 1 aromatic heterocycles. The third-order valence-electron chi connectivity index (χ3n) is 5.19. The van der Waals surface area contributed by atoms with Gasteiger partial charge in [-0.3, -0.25) is 9.59 Å². The van der Waals surface area contributed by atoms with Crippen molar-refractivity contribution in [2.24, 2.45) is 0 Å². The van der Waals surface area contributed by atoms with Gasteiger partial charge in [-0.15, -0.1) is 0 Å². The van der Waals surface area contributed by atoms with E-state index in [4.69, 9.17) is 9.15 Å². The molecule has 164 valence electrons. The van der Waals surface area contributed by atoms with Crippen molar-refractivity contribution in [3.63, 3.8) is 0 Å². The van der Waals surface area contributed by atoms with Gasteiger partial charge in [-0.1, -0.05) is 18.2 Å². The van der Waals surface area contributed by atoms with Crippen molar-refractivity contribution >= 4 is 17.9 Å². The summed E-state index contributed by atoms with van der Waals surface area (Å²) in [5, 5.41) is 2.73. The molecule has 32 heavy (non-hydrogen) atoms. The van der Waals surface area contributed by atoms with Crippen LogP contribution in [0.15, 0.2) is 83.1 Å². The summed E-state index contributed by atoms with van der Waals surface area (Å²) >= 11 is 0. The van der Waals surface area contributed by atoms with Crippen molar-refractivity contribution in [2.45, 2.75) is 18.9 Å². The van der Waals surface area contributed by atoms with Crippen molar-refractivity contribution in [1.82, 2.24) is 10.2 Å². The highest BCUT2D eigenvalue weighted by Gasteiger charge is 2.27. The SMILES string of the molecule is O=C(N/C(=C\c1ccco1)C(=O)N1CCC(Oc2ccc(F)cc2)CC1)c1ccccc1. The molecule has 4 rings (SSSR count). The average Bonchev–Trinajstić information content (AvgIpc) is 3.34. The molecule has 0 unspecified atom stereocenters. The molecule has 1 aliphatic heterocycles. The Bertz CT molecular complexity index is 1070. The Kier molecular flexibility index (Phi) is 6.65. The molecule has 0 saturated carbocycles. The molecule has 1 fully saturated rings. The molecule has 1 N–H and O–H groups in total. The van der Waals surface area contributed by atoms with Crippen LogP contribution in [0.25, 0.3) is 6.08 Å². The number of furan rings is 1. The molecule has 1 aliphatic rings. The molecule has 0 aliphatic carbocycles. The molecule has 0 spiro atoms. The Hall–Kier alpha value is -3.87. The number of hydrogen-bond donors (Lipinski definition) is 1. The summed E-state index contributed by atoms with van der Waals surface area (Å²) in [4.78, 5) is 27.5. The molecule has 0 radical (unpaired) electrons. The maximum absolute atomic E-state index is 13.2. The standard InChI is InChI=1S/C25H23FN2O4/c26-19-8-10-20(11-9-19)32-21-12-14-28(15-13-21)25(30)23(17-22-7-4-16-31-22)27-24(29)18-5-2-1-3-6-18/h1-11,16-17,21H,12-15H2,(H,27,29)/b23-17-. The van der Waals surface area contributed by atoms with Crippen LogP contribution >= 0.6 is 0 Å². The van der Waals surface area contributed by atoms with Crippen LogP contribution in [0.3, 0.4) is 0 Å². The summed E-state index contributed by atoms with van der Waals surface area (Å²) in [6, 6.07) is 18.0. The normalized spacial score (nSPS) is 14.8. The van der Waals surface area contributed by atoms with E-state index < -0.39 is 0 Å². The van der Waals surface area contributed by atoms with Crippen molar-refractivity contribution in [3.05, 3.63) is 95.8 Å². The minimum atomic E-state index is -0.369. The largest absolute Gasteiger partial charge is 0.490 e. The van der Waals surface area contributed by atoms with Gasteiger partial charge in [0, 0.05) is 37.6 Å². The number of carbonyl (C=O) groups excluding carboxylic acids is 2. The van der Waals surface area contributed by atoms with Crippen LogP contribution < -0.4 is 10.1 Å². The second-order valence-corrected chi connectivity index (χ2v) is 7.46. The van der Waals surface area contributed by atoms with Crippen LogP contribution in [0.4, 0.5) is 4.39 Å². The quantitative estimate of drug-likeness (QED) is 0.589. The number of ether oxygens (including phenoxy) is 1. The van der Waals surface area contributed by atoms with Crippen LogP contribution in [0.5, 0.6) is 5.75 Å². The number of carbonyl (C=O) groups is 2. The van der Waals surface area contributed by atoms with Crippen LogP contribution in [0.1, 0.15) is 29.0 Å². The van der Waals surface area contributed by atoms with Gasteiger partial charge in [0.2, 0.25) is 0 Å². The van der Waals surface area contributed by atoms with Crippen molar-refractivity contribution < 1.29 is 23.1 Å². The van der Waals surface area contributed by atoms with E-state index in [9.17, 15) is 14.0 Å². The number of halogens is 1. The van der Waals surface area contributed by atoms with E-state index in [0.717, 1.165) is 0 Å². The average molecular weight is 434 g/mol. The summed E-state index contributed by atoms with van der Waals surface area (Å²) in [6.07, 6.45) is 4.23. The number of likely N-dealkylation sites (tertiary alicyclic amines) is 1. The summed E-state index contributed by atoms with van der Waals surface area (Å²) in [5.41, 5.74) is 0.601. The van der Waals surface area contributed by atoms with Gasteiger partial charge in [-0.05, 0) is 48.5 Å². The van der Waals surface area contributed by atoms with Gasteiger partial charge >= 0.3 is 0 Å². The minimum Gasteiger partial charge on any atom is -0.490 e. The maximum Gasteiger partial charge on any atom is 0.270 e. The minimum absolute atomic E-state index is 0.0686. The highest BCUT2D eigenvalue weighted by molar-refractivity contribution is 6.05. The lowest BCUT2D eigenvalue weighted by Crippen LogP contribution is -2.45. The van der Waals surface area contributed by atoms with Gasteiger partial charge in [0.15, 0.2) is 0 Å². The first kappa shape index (κ1) is 21.4. The second-order valence-electron chi connectivity index (χ2n) is 7.46. The fourth-order valence-electron chi connectivity index (χ4n) is 3.50. The zero-order valence-corrected chi connectivity index (χ0v) is 17.4. The Labute approximate surface area is 185 Å². The van der Waals surface area contributed by atoms with E-state index in [1.54, 1.807) is 53.4 Å². The van der Waals surface area contributed by atoms with Crippen LogP contribution in [-0.2, 0) is 4.79 Å². The Morgan fingerprint density at radius 3 is 2.38 bits per heavy atom. The molecular weight excluding hydrogens is 411 g/mol. The van der Waals surface area contributed by atoms with E-state index >= 15 is 0 Å². The molecule has 3 aromatic rings. The van der Waals surface area contributed by atoms with Crippen LogP contribution in [0, 0.1) is 5.82 Å². The first-order chi connectivity index (χ1) is 15.6. The van der Waals surface area contributed by atoms with Gasteiger partial charge in [0.1, 0.15) is 29.1 Å². The number of rotatable bonds is 6. The third kappa shape index (κ3) is 5.43. The molecule has 0 bridgehead atoms. The first-order valence-electron chi connectivity index (χ1n) is 10.4. The predicted octanol–water partition coefficient (Wildman–Crippen LogP) is 4.26. The Morgan fingerprint density at radius 1 is 1.00 bits per heavy atom. The van der Waals surface area contributed by atoms with Crippen molar-refractivity contribution in [3.8, 4) is 5.75 Å². The smallest absolute Gasteiger partial charge is 0.270 e. The van der Waals surface area contributed by atoms with Crippen LogP contribution in [0.2, 0.25) is 0 Å². The van der Waals surface area contributed by atoms with Gasteiger partial charge in [0.25, 0.3) is 11.8 Å². The first-order valence-corrected chi connectivity index (χ1v) is 10.4. The van der Waals surface area contributed by atoms with E-state index in [2.05, 4.69) is 5.32 Å². The molecule has 0 atom stereocenters. The number of nitrogens with zero attached hydrogens (tertiary/aromatic N) is 1. The molecular formula is C25H23FN2O4. The zero-order chi connectivity index (χ0) is 22.3. The predicted molar refractivity (Wildman–Crippen MR) is 117 cm³/mol. The molecule has 7 heteroatoms. The number of piperidine rings is 1. The number of benzene rings is 2. The lowest BCUT2D eigenvalue weighted by molar-refractivity contribution is -0.129. The third-order valence-corrected chi connectivity index (χ3v) is 5.19. The fourth-order valence-corrected chi connectivity index (χ4v) is 3.50. The summed E-state index contributed by atoms with van der Waals surface area (Å²) < 4.78 is 24.3.